The van der Waals surface area contributed by atoms with Crippen LogP contribution in [0.1, 0.15) is 51.9 Å². The van der Waals surface area contributed by atoms with E-state index in [9.17, 15) is 63.3 Å². The van der Waals surface area contributed by atoms with Gasteiger partial charge in [-0.15, -0.1) is 0 Å². The highest BCUT2D eigenvalue weighted by atomic mass is 16.4. The number of hydrogen-bond donors (Lipinski definition) is 14. The van der Waals surface area contributed by atoms with Gasteiger partial charge in [0.25, 0.3) is 0 Å². The number of hydrogen-bond acceptors (Lipinski definition) is 14. The molecule has 0 aromatic carbocycles. The van der Waals surface area contributed by atoms with E-state index in [0.717, 1.165) is 0 Å². The molecular weight excluding hydrogens is 710 g/mol. The van der Waals surface area contributed by atoms with Crippen LogP contribution in [0.15, 0.2) is 0 Å². The number of nitrogens with two attached hydrogens (primary N) is 4. The lowest BCUT2D eigenvalue weighted by molar-refractivity contribution is -0.142. The highest BCUT2D eigenvalue weighted by Crippen LogP contribution is 2.04. The summed E-state index contributed by atoms with van der Waals surface area (Å²) in [6, 6.07) is -8.46. The maximum absolute atomic E-state index is 13.0. The van der Waals surface area contributed by atoms with Gasteiger partial charge in [0.2, 0.25) is 53.2 Å². The van der Waals surface area contributed by atoms with Gasteiger partial charge in [-0.2, -0.15) is 0 Å². The number of aliphatic carboxylic acids is 1. The Balaban J connectivity index is 5.33. The van der Waals surface area contributed by atoms with Gasteiger partial charge in [0.15, 0.2) is 0 Å². The molecule has 0 saturated heterocycles. The van der Waals surface area contributed by atoms with Crippen molar-refractivity contribution in [3.63, 3.8) is 0 Å². The fraction of sp³-hybridized carbons (Fsp3) is 0.655. The van der Waals surface area contributed by atoms with Gasteiger partial charge in [0, 0.05) is 12.8 Å². The van der Waals surface area contributed by atoms with Crippen molar-refractivity contribution in [2.24, 2.45) is 22.9 Å². The second kappa shape index (κ2) is 25.5. The number of rotatable bonds is 27. The standard InChI is InChI=1S/C29H51N11O13/c1-14(31)24(47)37-15(4-2-3-9-30)26(49)40-19(13-42)28(51)38-16(5-7-20(32)43)25(48)35-10-22(45)34-11-23(46)36-18(12-41)27(50)39-17(29(52)53)6-8-21(33)44/h14-19,41-42H,2-13,30-31H2,1H3,(H2,32,43)(H2,33,44)(H,34,45)(H,35,48)(H,36,46)(H,37,47)(H,38,51)(H,39,50)(H,40,49)(H,52,53). The van der Waals surface area contributed by atoms with Gasteiger partial charge < -0.3 is 75.5 Å². The number of carboxylic acids is 1. The van der Waals surface area contributed by atoms with Gasteiger partial charge in [0.1, 0.15) is 30.2 Å². The molecule has 300 valence electrons. The first kappa shape index (κ1) is 47.5. The quantitative estimate of drug-likeness (QED) is 0.0346. The summed E-state index contributed by atoms with van der Waals surface area (Å²) in [5, 5.41) is 43.9. The molecule has 0 aromatic rings. The van der Waals surface area contributed by atoms with E-state index in [1.807, 2.05) is 5.32 Å². The van der Waals surface area contributed by atoms with Crippen LogP contribution in [-0.4, -0.2) is 144 Å². The molecule has 53 heavy (non-hydrogen) atoms. The monoisotopic (exact) mass is 761 g/mol. The first-order valence-electron chi connectivity index (χ1n) is 16.4. The van der Waals surface area contributed by atoms with Crippen LogP contribution in [0.4, 0.5) is 0 Å². The van der Waals surface area contributed by atoms with Crippen LogP contribution < -0.4 is 60.2 Å². The summed E-state index contributed by atoms with van der Waals surface area (Å²) in [6.45, 7) is -1.76. The zero-order valence-electron chi connectivity index (χ0n) is 29.2. The van der Waals surface area contributed by atoms with Crippen LogP contribution >= 0.6 is 0 Å². The lowest BCUT2D eigenvalue weighted by atomic mass is 10.1. The number of carbonyl (C=O) groups excluding carboxylic acids is 9. The molecular formula is C29H51N11O13. The molecule has 0 aliphatic rings. The highest BCUT2D eigenvalue weighted by Gasteiger charge is 2.30. The van der Waals surface area contributed by atoms with Gasteiger partial charge in [-0.1, -0.05) is 0 Å². The number of aliphatic hydroxyl groups is 2. The zero-order valence-corrected chi connectivity index (χ0v) is 29.2. The largest absolute Gasteiger partial charge is 0.480 e. The summed E-state index contributed by atoms with van der Waals surface area (Å²) in [5.74, 6) is -9.83. The van der Waals surface area contributed by atoms with E-state index in [1.165, 1.54) is 6.92 Å². The second-order valence-electron chi connectivity index (χ2n) is 11.6. The summed E-state index contributed by atoms with van der Waals surface area (Å²) in [6.07, 6.45) is -0.445. The smallest absolute Gasteiger partial charge is 0.326 e. The Kier molecular flexibility index (Phi) is 22.9. The number of aliphatic hydroxyl groups excluding tert-OH is 2. The number of nitrogens with one attached hydrogen (secondary N) is 7. The molecule has 0 aliphatic carbocycles. The minimum Gasteiger partial charge on any atom is -0.480 e. The number of carbonyl (C=O) groups is 10. The molecule has 0 heterocycles. The van der Waals surface area contributed by atoms with Crippen LogP contribution in [0.3, 0.4) is 0 Å². The van der Waals surface area contributed by atoms with E-state index in [1.54, 1.807) is 0 Å². The van der Waals surface area contributed by atoms with Crippen LogP contribution in [-0.2, 0) is 47.9 Å². The molecule has 0 rings (SSSR count). The third-order valence-corrected chi connectivity index (χ3v) is 7.12. The summed E-state index contributed by atoms with van der Waals surface area (Å²) in [5.41, 5.74) is 21.2. The number of amides is 9. The Labute approximate surface area is 303 Å². The van der Waals surface area contributed by atoms with E-state index in [0.29, 0.717) is 19.4 Å². The van der Waals surface area contributed by atoms with Crippen molar-refractivity contribution in [1.82, 2.24) is 37.2 Å². The van der Waals surface area contributed by atoms with E-state index in [2.05, 4.69) is 31.9 Å². The number of carboxylic acid groups (broad SMARTS) is 1. The molecule has 6 atom stereocenters. The second-order valence-corrected chi connectivity index (χ2v) is 11.6. The average Bonchev–Trinajstić information content (AvgIpc) is 3.09. The predicted octanol–water partition coefficient (Wildman–Crippen LogP) is -8.28. The topological polar surface area (TPSA) is 420 Å². The van der Waals surface area contributed by atoms with Gasteiger partial charge in [-0.25, -0.2) is 4.79 Å². The molecule has 6 unspecified atom stereocenters. The molecule has 9 amide bonds. The van der Waals surface area contributed by atoms with Crippen molar-refractivity contribution >= 4 is 59.1 Å². The lowest BCUT2D eigenvalue weighted by Crippen LogP contribution is -2.59. The van der Waals surface area contributed by atoms with Crippen molar-refractivity contribution in [1.29, 1.82) is 0 Å². The fourth-order valence-corrected chi connectivity index (χ4v) is 4.15. The van der Waals surface area contributed by atoms with Crippen molar-refractivity contribution < 1.29 is 63.3 Å². The normalized spacial score (nSPS) is 14.1. The van der Waals surface area contributed by atoms with Gasteiger partial charge in [0.05, 0.1) is 32.3 Å². The zero-order chi connectivity index (χ0) is 40.7. The van der Waals surface area contributed by atoms with E-state index < -0.39 is 128 Å². The molecule has 18 N–H and O–H groups in total. The lowest BCUT2D eigenvalue weighted by Gasteiger charge is -2.24. The molecule has 0 fully saturated rings. The first-order chi connectivity index (χ1) is 24.9. The van der Waals surface area contributed by atoms with Gasteiger partial charge >= 0.3 is 5.97 Å². The van der Waals surface area contributed by atoms with Crippen molar-refractivity contribution in [3.8, 4) is 0 Å². The van der Waals surface area contributed by atoms with Crippen LogP contribution in [0, 0.1) is 0 Å². The van der Waals surface area contributed by atoms with Gasteiger partial charge in [-0.05, 0) is 45.6 Å². The van der Waals surface area contributed by atoms with Crippen molar-refractivity contribution in [2.45, 2.75) is 88.1 Å². The Morgan fingerprint density at radius 3 is 1.47 bits per heavy atom. The molecule has 0 aromatic heterocycles. The minimum atomic E-state index is -1.65. The number of primary amides is 2. The van der Waals surface area contributed by atoms with E-state index in [4.69, 9.17) is 22.9 Å². The third-order valence-electron chi connectivity index (χ3n) is 7.12. The van der Waals surface area contributed by atoms with E-state index in [-0.39, 0.29) is 25.7 Å². The van der Waals surface area contributed by atoms with Crippen LogP contribution in [0.25, 0.3) is 0 Å². The predicted molar refractivity (Wildman–Crippen MR) is 181 cm³/mol. The Morgan fingerprint density at radius 2 is 0.981 bits per heavy atom. The Morgan fingerprint density at radius 1 is 0.547 bits per heavy atom. The molecule has 24 nitrogen and oxygen atoms in total. The summed E-state index contributed by atoms with van der Waals surface area (Å²) in [7, 11) is 0. The molecule has 24 heteroatoms. The SMILES string of the molecule is CC(N)C(=O)NC(CCCCN)C(=O)NC(CO)C(=O)NC(CCC(N)=O)C(=O)NCC(=O)NCC(=O)NC(CO)C(=O)NC(CCC(N)=O)C(=O)O. The number of unbranched alkanes of at least 4 members (excludes halogenated alkanes) is 1. The first-order valence-corrected chi connectivity index (χ1v) is 16.4. The molecule has 0 spiro atoms. The molecule has 0 saturated carbocycles. The van der Waals surface area contributed by atoms with Crippen molar-refractivity contribution in [2.75, 3.05) is 32.8 Å². The Hall–Kier alpha value is -5.46. The average molecular weight is 762 g/mol. The molecule has 0 aliphatic heterocycles. The van der Waals surface area contributed by atoms with Crippen molar-refractivity contribution in [3.05, 3.63) is 0 Å². The maximum Gasteiger partial charge on any atom is 0.326 e. The van der Waals surface area contributed by atoms with E-state index >= 15 is 0 Å². The third kappa shape index (κ3) is 20.2. The summed E-state index contributed by atoms with van der Waals surface area (Å²) in [4.78, 5) is 122. The molecule has 0 radical (unpaired) electrons. The Bertz CT molecular complexity index is 1310. The summed E-state index contributed by atoms with van der Waals surface area (Å²) >= 11 is 0. The molecule has 0 bridgehead atoms. The highest BCUT2D eigenvalue weighted by molar-refractivity contribution is 5.96. The summed E-state index contributed by atoms with van der Waals surface area (Å²) < 4.78 is 0. The van der Waals surface area contributed by atoms with Crippen LogP contribution in [0.2, 0.25) is 0 Å². The maximum atomic E-state index is 13.0. The fourth-order valence-electron chi connectivity index (χ4n) is 4.15. The minimum absolute atomic E-state index is 0.124. The van der Waals surface area contributed by atoms with Gasteiger partial charge in [-0.3, -0.25) is 43.2 Å². The van der Waals surface area contributed by atoms with Crippen LogP contribution in [0.5, 0.6) is 0 Å².